The Labute approximate surface area is 238 Å². The average molecular weight is 598 g/mol. The lowest BCUT2D eigenvalue weighted by Gasteiger charge is -2.32. The Morgan fingerprint density at radius 2 is 1.74 bits per heavy atom. The van der Waals surface area contributed by atoms with Gasteiger partial charge >= 0.3 is 0 Å². The van der Waals surface area contributed by atoms with Crippen LogP contribution >= 0.6 is 27.5 Å². The van der Waals surface area contributed by atoms with E-state index in [-0.39, 0.29) is 31.0 Å². The number of nitrogens with one attached hydrogen (secondary N) is 1. The molecule has 0 aromatic heterocycles. The minimum Gasteiger partial charge on any atom is -0.483 e. The summed E-state index contributed by atoms with van der Waals surface area (Å²) in [6.45, 7) is 2.09. The van der Waals surface area contributed by atoms with Crippen LogP contribution in [0.4, 0.5) is 0 Å². The van der Waals surface area contributed by atoms with Gasteiger partial charge in [0.25, 0.3) is 5.91 Å². The second-order valence-corrected chi connectivity index (χ2v) is 11.0. The zero-order valence-electron chi connectivity index (χ0n) is 21.7. The summed E-state index contributed by atoms with van der Waals surface area (Å²) in [6, 6.07) is 22.5. The fraction of sp³-hybridized carbons (Fsp3) is 0.355. The summed E-state index contributed by atoms with van der Waals surface area (Å²) in [5, 5.41) is 3.77. The van der Waals surface area contributed by atoms with Crippen LogP contribution in [0.3, 0.4) is 0 Å². The fourth-order valence-corrected chi connectivity index (χ4v) is 5.57. The van der Waals surface area contributed by atoms with Gasteiger partial charge in [0.2, 0.25) is 5.91 Å². The number of hydrogen-bond acceptors (Lipinski definition) is 3. The van der Waals surface area contributed by atoms with E-state index in [0.717, 1.165) is 47.7 Å². The Kier molecular flexibility index (Phi) is 10.2. The van der Waals surface area contributed by atoms with E-state index in [4.69, 9.17) is 16.3 Å². The fourth-order valence-electron chi connectivity index (χ4n) is 4.84. The van der Waals surface area contributed by atoms with Gasteiger partial charge in [-0.3, -0.25) is 9.59 Å². The third-order valence-electron chi connectivity index (χ3n) is 7.03. The largest absolute Gasteiger partial charge is 0.483 e. The first kappa shape index (κ1) is 28.2. The molecule has 1 unspecified atom stereocenters. The highest BCUT2D eigenvalue weighted by Gasteiger charge is 2.32. The minimum absolute atomic E-state index is 0.141. The quantitative estimate of drug-likeness (QED) is 0.266. The van der Waals surface area contributed by atoms with Crippen LogP contribution in [0.1, 0.15) is 49.3 Å². The van der Waals surface area contributed by atoms with Crippen molar-refractivity contribution in [1.29, 1.82) is 0 Å². The van der Waals surface area contributed by atoms with Crippen LogP contribution < -0.4 is 10.1 Å². The smallest absolute Gasteiger partial charge is 0.261 e. The molecule has 1 fully saturated rings. The van der Waals surface area contributed by atoms with Crippen molar-refractivity contribution in [1.82, 2.24) is 10.2 Å². The van der Waals surface area contributed by atoms with E-state index in [1.165, 1.54) is 5.56 Å². The van der Waals surface area contributed by atoms with Gasteiger partial charge in [0, 0.05) is 24.0 Å². The summed E-state index contributed by atoms with van der Waals surface area (Å²) in [5.41, 5.74) is 2.93. The number of ether oxygens (including phenoxy) is 1. The first-order valence-corrected chi connectivity index (χ1v) is 14.4. The maximum absolute atomic E-state index is 13.8. The second-order valence-electron chi connectivity index (χ2n) is 9.72. The van der Waals surface area contributed by atoms with Crippen LogP contribution in [-0.2, 0) is 29.0 Å². The number of carbonyl (C=O) groups is 2. The van der Waals surface area contributed by atoms with Gasteiger partial charge in [-0.1, -0.05) is 86.0 Å². The number of aryl methyl sites for hydroxylation is 1. The molecule has 2 amide bonds. The second kappa shape index (κ2) is 13.8. The number of hydrogen-bond donors (Lipinski definition) is 1. The molecule has 0 spiro atoms. The van der Waals surface area contributed by atoms with Gasteiger partial charge in [-0.25, -0.2) is 0 Å². The van der Waals surface area contributed by atoms with Crippen LogP contribution in [-0.4, -0.2) is 35.4 Å². The highest BCUT2D eigenvalue weighted by Crippen LogP contribution is 2.27. The average Bonchev–Trinajstić information content (AvgIpc) is 3.44. The normalized spacial score (nSPS) is 14.2. The molecular formula is C31H34BrClN2O3. The topological polar surface area (TPSA) is 58.6 Å². The van der Waals surface area contributed by atoms with Crippen LogP contribution in [0.15, 0.2) is 77.3 Å². The molecule has 0 bridgehead atoms. The van der Waals surface area contributed by atoms with Gasteiger partial charge in [0.05, 0.1) is 4.47 Å². The van der Waals surface area contributed by atoms with Gasteiger partial charge in [0.1, 0.15) is 11.8 Å². The number of carbonyl (C=O) groups excluding carboxylic acids is 2. The lowest BCUT2D eigenvalue weighted by Crippen LogP contribution is -2.53. The molecule has 38 heavy (non-hydrogen) atoms. The molecular weight excluding hydrogens is 564 g/mol. The Hall–Kier alpha value is -2.83. The van der Waals surface area contributed by atoms with Gasteiger partial charge in [0.15, 0.2) is 6.61 Å². The molecule has 1 N–H and O–H groups in total. The molecule has 1 atom stereocenters. The third kappa shape index (κ3) is 7.61. The van der Waals surface area contributed by atoms with Gasteiger partial charge in [-0.15, -0.1) is 0 Å². The van der Waals surface area contributed by atoms with Crippen molar-refractivity contribution in [2.75, 3.05) is 6.61 Å². The molecule has 5 nitrogen and oxygen atoms in total. The maximum Gasteiger partial charge on any atom is 0.261 e. The monoisotopic (exact) mass is 596 g/mol. The van der Waals surface area contributed by atoms with Crippen molar-refractivity contribution in [2.45, 2.75) is 64.1 Å². The van der Waals surface area contributed by atoms with Gasteiger partial charge in [-0.05, 0) is 70.1 Å². The molecule has 0 radical (unpaired) electrons. The van der Waals surface area contributed by atoms with Crippen LogP contribution in [0, 0.1) is 0 Å². The Morgan fingerprint density at radius 1 is 1.03 bits per heavy atom. The third-order valence-corrected chi connectivity index (χ3v) is 8.02. The Morgan fingerprint density at radius 3 is 2.42 bits per heavy atom. The van der Waals surface area contributed by atoms with E-state index in [9.17, 15) is 9.59 Å². The first-order chi connectivity index (χ1) is 18.4. The van der Waals surface area contributed by atoms with E-state index in [1.807, 2.05) is 66.7 Å². The lowest BCUT2D eigenvalue weighted by atomic mass is 10.0. The predicted octanol–water partition coefficient (Wildman–Crippen LogP) is 6.74. The number of nitrogens with zero attached hydrogens (tertiary/aromatic N) is 1. The first-order valence-electron chi connectivity index (χ1n) is 13.2. The van der Waals surface area contributed by atoms with E-state index in [1.54, 1.807) is 11.0 Å². The number of rotatable bonds is 11. The highest BCUT2D eigenvalue weighted by molar-refractivity contribution is 9.10. The number of benzene rings is 3. The molecule has 4 rings (SSSR count). The van der Waals surface area contributed by atoms with Crippen LogP contribution in [0.5, 0.6) is 5.75 Å². The van der Waals surface area contributed by atoms with Gasteiger partial charge < -0.3 is 15.0 Å². The summed E-state index contributed by atoms with van der Waals surface area (Å²) >= 11 is 10.1. The molecule has 0 saturated heterocycles. The maximum atomic E-state index is 13.8. The zero-order valence-corrected chi connectivity index (χ0v) is 24.0. The predicted molar refractivity (Wildman–Crippen MR) is 155 cm³/mol. The van der Waals surface area contributed by atoms with E-state index < -0.39 is 6.04 Å². The molecule has 0 heterocycles. The molecule has 7 heteroatoms. The molecule has 1 saturated carbocycles. The highest BCUT2D eigenvalue weighted by atomic mass is 79.9. The Balaban J connectivity index is 1.62. The molecule has 200 valence electrons. The zero-order chi connectivity index (χ0) is 26.9. The van der Waals surface area contributed by atoms with E-state index >= 15 is 0 Å². The lowest BCUT2D eigenvalue weighted by molar-refractivity contribution is -0.143. The summed E-state index contributed by atoms with van der Waals surface area (Å²) in [7, 11) is 0. The summed E-state index contributed by atoms with van der Waals surface area (Å²) in [4.78, 5) is 29.2. The SMILES string of the molecule is CCc1ccc(OCC(=O)N(Cc2ccccc2Cl)C(Cc2ccccc2)C(=O)NC2CCCC2)c(Br)c1. The van der Waals surface area contributed by atoms with E-state index in [0.29, 0.717) is 17.2 Å². The van der Waals surface area contributed by atoms with Crippen molar-refractivity contribution >= 4 is 39.3 Å². The summed E-state index contributed by atoms with van der Waals surface area (Å²) < 4.78 is 6.75. The molecule has 3 aromatic carbocycles. The summed E-state index contributed by atoms with van der Waals surface area (Å²) in [5.74, 6) is 0.164. The van der Waals surface area contributed by atoms with Crippen molar-refractivity contribution in [3.05, 3.63) is 99.0 Å². The molecule has 0 aliphatic heterocycles. The van der Waals surface area contributed by atoms with Gasteiger partial charge in [-0.2, -0.15) is 0 Å². The van der Waals surface area contributed by atoms with E-state index in [2.05, 4.69) is 28.2 Å². The molecule has 1 aliphatic carbocycles. The standard InChI is InChI=1S/C31H34BrClN2O3/c1-2-22-16-17-29(26(32)18-22)38-21-30(36)35(20-24-12-6-9-15-27(24)33)28(19-23-10-4-3-5-11-23)31(37)34-25-13-7-8-14-25/h3-6,9-12,15-18,25,28H,2,7-8,13-14,19-21H2,1H3,(H,34,37). The molecule has 1 aliphatic rings. The molecule has 3 aromatic rings. The number of halogens is 2. The van der Waals surface area contributed by atoms with Crippen molar-refractivity contribution < 1.29 is 14.3 Å². The Bertz CT molecular complexity index is 1230. The summed E-state index contributed by atoms with van der Waals surface area (Å²) in [6.07, 6.45) is 5.44. The van der Waals surface area contributed by atoms with Crippen LogP contribution in [0.2, 0.25) is 5.02 Å². The van der Waals surface area contributed by atoms with Crippen molar-refractivity contribution in [3.63, 3.8) is 0 Å². The number of amides is 2. The van der Waals surface area contributed by atoms with Crippen molar-refractivity contribution in [3.8, 4) is 5.75 Å². The van der Waals surface area contributed by atoms with Crippen molar-refractivity contribution in [2.24, 2.45) is 0 Å². The minimum atomic E-state index is -0.712. The van der Waals surface area contributed by atoms with Crippen LogP contribution in [0.25, 0.3) is 0 Å².